The number of carbonyl (C=O) groups excluding carboxylic acids is 1. The van der Waals surface area contributed by atoms with Gasteiger partial charge in [0.2, 0.25) is 0 Å². The van der Waals surface area contributed by atoms with E-state index in [4.69, 9.17) is 17.3 Å². The molecule has 1 aromatic carbocycles. The van der Waals surface area contributed by atoms with Gasteiger partial charge in [0, 0.05) is 17.7 Å². The summed E-state index contributed by atoms with van der Waals surface area (Å²) in [5, 5.41) is 23.7. The van der Waals surface area contributed by atoms with E-state index in [2.05, 4.69) is 10.6 Å². The van der Waals surface area contributed by atoms with Gasteiger partial charge in [-0.3, -0.25) is 25.0 Å². The first-order valence-corrected chi connectivity index (χ1v) is 5.81. The summed E-state index contributed by atoms with van der Waals surface area (Å²) >= 11 is 4.78. The molecule has 0 radical (unpaired) electrons. The Balaban J connectivity index is 2.64. The quantitative estimate of drug-likeness (QED) is 0.424. The predicted octanol–water partition coefficient (Wildman–Crippen LogP) is 0.672. The molecule has 1 aromatic rings. The number of hydrogen-bond donors (Lipinski definition) is 3. The third-order valence-corrected chi connectivity index (χ3v) is 2.51. The lowest BCUT2D eigenvalue weighted by molar-refractivity contribution is -0.384. The van der Waals surface area contributed by atoms with Crippen LogP contribution in [0.4, 0.5) is 5.69 Å². The number of nitro groups is 1. The Bertz CT molecular complexity index is 558. The van der Waals surface area contributed by atoms with Gasteiger partial charge < -0.3 is 10.4 Å². The molecule has 0 saturated carbocycles. The Kier molecular flexibility index (Phi) is 5.09. The lowest BCUT2D eigenvalue weighted by Crippen LogP contribution is -2.46. The maximum Gasteiger partial charge on any atom is 0.325 e. The average molecular weight is 297 g/mol. The van der Waals surface area contributed by atoms with Crippen molar-refractivity contribution in [3.8, 4) is 0 Å². The number of thiocarbonyl (C=S) groups is 1. The van der Waals surface area contributed by atoms with Crippen LogP contribution in [-0.2, 0) is 4.79 Å². The van der Waals surface area contributed by atoms with Crippen LogP contribution >= 0.6 is 12.2 Å². The normalized spacial score (nSPS) is 11.2. The second-order valence-corrected chi connectivity index (χ2v) is 4.20. The number of carboxylic acids is 1. The van der Waals surface area contributed by atoms with E-state index >= 15 is 0 Å². The third kappa shape index (κ3) is 4.28. The molecule has 0 heterocycles. The summed E-state index contributed by atoms with van der Waals surface area (Å²) in [4.78, 5) is 32.2. The van der Waals surface area contributed by atoms with Gasteiger partial charge in [-0.1, -0.05) is 0 Å². The summed E-state index contributed by atoms with van der Waals surface area (Å²) < 4.78 is 0. The van der Waals surface area contributed by atoms with E-state index in [1.807, 2.05) is 0 Å². The number of nitro benzene ring substituents is 1. The van der Waals surface area contributed by atoms with Crippen LogP contribution in [0.5, 0.6) is 0 Å². The molecule has 0 aliphatic rings. The van der Waals surface area contributed by atoms with Crippen molar-refractivity contribution in [3.63, 3.8) is 0 Å². The molecule has 0 aliphatic heterocycles. The molecule has 8 nitrogen and oxygen atoms in total. The minimum Gasteiger partial charge on any atom is -0.480 e. The second-order valence-electron chi connectivity index (χ2n) is 3.79. The van der Waals surface area contributed by atoms with Gasteiger partial charge in [0.15, 0.2) is 5.11 Å². The number of hydrogen-bond acceptors (Lipinski definition) is 5. The Labute approximate surface area is 118 Å². The number of benzene rings is 1. The van der Waals surface area contributed by atoms with E-state index in [1.54, 1.807) is 0 Å². The molecular formula is C11H11N3O5S. The number of amides is 1. The molecule has 0 spiro atoms. The standard InChI is InChI=1S/C11H11N3O5S/c1-6(10(16)17)12-11(20)13-9(15)7-2-4-8(5-3-7)14(18)19/h2-6H,1H3,(H,16,17)(H2,12,13,15,20). The van der Waals surface area contributed by atoms with Crippen molar-refractivity contribution in [1.82, 2.24) is 10.6 Å². The zero-order chi connectivity index (χ0) is 15.3. The molecule has 106 valence electrons. The summed E-state index contributed by atoms with van der Waals surface area (Å²) in [6.45, 7) is 1.37. The van der Waals surface area contributed by atoms with Crippen LogP contribution in [0.2, 0.25) is 0 Å². The van der Waals surface area contributed by atoms with Crippen molar-refractivity contribution < 1.29 is 19.6 Å². The maximum absolute atomic E-state index is 11.7. The van der Waals surface area contributed by atoms with Crippen molar-refractivity contribution in [3.05, 3.63) is 39.9 Å². The van der Waals surface area contributed by atoms with E-state index in [0.717, 1.165) is 0 Å². The molecule has 3 N–H and O–H groups in total. The van der Waals surface area contributed by atoms with Crippen molar-refractivity contribution in [2.24, 2.45) is 0 Å². The van der Waals surface area contributed by atoms with E-state index in [9.17, 15) is 19.7 Å². The Morgan fingerprint density at radius 2 is 1.90 bits per heavy atom. The molecule has 0 bridgehead atoms. The van der Waals surface area contributed by atoms with Crippen molar-refractivity contribution in [1.29, 1.82) is 0 Å². The number of non-ortho nitro benzene ring substituents is 1. The highest BCUT2D eigenvalue weighted by atomic mass is 32.1. The van der Waals surface area contributed by atoms with Gasteiger partial charge in [-0.15, -0.1) is 0 Å². The number of carboxylic acid groups (broad SMARTS) is 1. The topological polar surface area (TPSA) is 122 Å². The van der Waals surface area contributed by atoms with E-state index in [0.29, 0.717) is 0 Å². The highest BCUT2D eigenvalue weighted by Gasteiger charge is 2.14. The van der Waals surface area contributed by atoms with Gasteiger partial charge >= 0.3 is 5.97 Å². The van der Waals surface area contributed by atoms with Crippen LogP contribution in [0.3, 0.4) is 0 Å². The van der Waals surface area contributed by atoms with Gasteiger partial charge in [-0.05, 0) is 31.3 Å². The fraction of sp³-hybridized carbons (Fsp3) is 0.182. The molecule has 0 fully saturated rings. The van der Waals surface area contributed by atoms with Crippen LogP contribution in [0.25, 0.3) is 0 Å². The van der Waals surface area contributed by atoms with E-state index < -0.39 is 22.8 Å². The van der Waals surface area contributed by atoms with Crippen LogP contribution in [-0.4, -0.2) is 33.1 Å². The van der Waals surface area contributed by atoms with Gasteiger partial charge in [-0.2, -0.15) is 0 Å². The number of carbonyl (C=O) groups is 2. The average Bonchev–Trinajstić information content (AvgIpc) is 2.38. The summed E-state index contributed by atoms with van der Waals surface area (Å²) in [6.07, 6.45) is 0. The largest absolute Gasteiger partial charge is 0.480 e. The highest BCUT2D eigenvalue weighted by molar-refractivity contribution is 7.80. The van der Waals surface area contributed by atoms with Crippen LogP contribution < -0.4 is 10.6 Å². The molecular weight excluding hydrogens is 286 g/mol. The summed E-state index contributed by atoms with van der Waals surface area (Å²) in [7, 11) is 0. The minimum atomic E-state index is -1.11. The van der Waals surface area contributed by atoms with Gasteiger partial charge in [0.1, 0.15) is 6.04 Å². The predicted molar refractivity (Wildman–Crippen MR) is 73.4 cm³/mol. The lowest BCUT2D eigenvalue weighted by atomic mass is 10.2. The molecule has 0 aliphatic carbocycles. The first-order valence-electron chi connectivity index (χ1n) is 5.40. The molecule has 1 unspecified atom stereocenters. The number of rotatable bonds is 4. The molecule has 1 rings (SSSR count). The molecule has 1 amide bonds. The second kappa shape index (κ2) is 6.57. The van der Waals surface area contributed by atoms with Crippen LogP contribution in [0.1, 0.15) is 17.3 Å². The number of nitrogens with zero attached hydrogens (tertiary/aromatic N) is 1. The first-order chi connectivity index (χ1) is 9.31. The summed E-state index contributed by atoms with van der Waals surface area (Å²) in [6, 6.07) is 3.98. The molecule has 1 atom stereocenters. The number of aliphatic carboxylic acids is 1. The lowest BCUT2D eigenvalue weighted by Gasteiger charge is -2.12. The first kappa shape index (κ1) is 15.5. The number of nitrogens with one attached hydrogen (secondary N) is 2. The Morgan fingerprint density at radius 1 is 1.35 bits per heavy atom. The molecule has 0 saturated heterocycles. The van der Waals surface area contributed by atoms with Crippen molar-refractivity contribution in [2.75, 3.05) is 0 Å². The highest BCUT2D eigenvalue weighted by Crippen LogP contribution is 2.11. The van der Waals surface area contributed by atoms with Crippen molar-refractivity contribution in [2.45, 2.75) is 13.0 Å². The van der Waals surface area contributed by atoms with E-state index in [-0.39, 0.29) is 16.4 Å². The smallest absolute Gasteiger partial charge is 0.325 e. The fourth-order valence-corrected chi connectivity index (χ4v) is 1.47. The maximum atomic E-state index is 11.7. The zero-order valence-electron chi connectivity index (χ0n) is 10.3. The van der Waals surface area contributed by atoms with Crippen LogP contribution in [0, 0.1) is 10.1 Å². The van der Waals surface area contributed by atoms with E-state index in [1.165, 1.54) is 31.2 Å². The van der Waals surface area contributed by atoms with Crippen LogP contribution in [0.15, 0.2) is 24.3 Å². The third-order valence-electron chi connectivity index (χ3n) is 2.29. The minimum absolute atomic E-state index is 0.136. The molecule has 9 heteroatoms. The zero-order valence-corrected chi connectivity index (χ0v) is 11.1. The Hall–Kier alpha value is -2.55. The fourth-order valence-electron chi connectivity index (χ4n) is 1.20. The SMILES string of the molecule is CC(NC(=S)NC(=O)c1ccc([N+](=O)[O-])cc1)C(=O)O. The summed E-state index contributed by atoms with van der Waals surface area (Å²) in [5.41, 5.74) is 0.0319. The van der Waals surface area contributed by atoms with Gasteiger partial charge in [0.05, 0.1) is 4.92 Å². The summed E-state index contributed by atoms with van der Waals surface area (Å²) in [5.74, 6) is -1.70. The molecule has 0 aromatic heterocycles. The van der Waals surface area contributed by atoms with Gasteiger partial charge in [0.25, 0.3) is 11.6 Å². The molecule has 20 heavy (non-hydrogen) atoms. The van der Waals surface area contributed by atoms with Gasteiger partial charge in [-0.25, -0.2) is 0 Å². The van der Waals surface area contributed by atoms with Crippen molar-refractivity contribution >= 4 is 34.9 Å². The monoisotopic (exact) mass is 297 g/mol. The Morgan fingerprint density at radius 3 is 2.35 bits per heavy atom.